The Hall–Kier alpha value is -1.08. The quantitative estimate of drug-likeness (QED) is 0.757. The molecule has 18 heavy (non-hydrogen) atoms. The predicted molar refractivity (Wildman–Crippen MR) is 77.4 cm³/mol. The van der Waals surface area contributed by atoms with Crippen molar-refractivity contribution >= 4 is 6.08 Å². The summed E-state index contributed by atoms with van der Waals surface area (Å²) in [7, 11) is 0. The monoisotopic (exact) mass is 241 g/mol. The van der Waals surface area contributed by atoms with Crippen LogP contribution in [0.15, 0.2) is 36.4 Å². The lowest BCUT2D eigenvalue weighted by Gasteiger charge is -2.13. The first-order chi connectivity index (χ1) is 8.92. The summed E-state index contributed by atoms with van der Waals surface area (Å²) in [6, 6.07) is 10.6. The van der Waals surface area contributed by atoms with E-state index in [4.69, 9.17) is 0 Å². The van der Waals surface area contributed by atoms with Gasteiger partial charge in [0, 0.05) is 6.54 Å². The smallest absolute Gasteiger partial charge is 0.00125 e. The molecule has 1 heterocycles. The Balaban J connectivity index is 1.39. The van der Waals surface area contributed by atoms with Gasteiger partial charge in [0.1, 0.15) is 0 Å². The molecule has 1 saturated carbocycles. The number of rotatable bonds is 5. The van der Waals surface area contributed by atoms with E-state index in [1.807, 2.05) is 0 Å². The number of nitrogens with zero attached hydrogens (tertiary/aromatic N) is 1. The fourth-order valence-corrected chi connectivity index (χ4v) is 3.06. The van der Waals surface area contributed by atoms with Crippen LogP contribution in [-0.2, 0) is 0 Å². The molecule has 2 aliphatic rings. The molecule has 1 aliphatic carbocycles. The summed E-state index contributed by atoms with van der Waals surface area (Å²) in [5, 5.41) is 0. The first kappa shape index (κ1) is 12.0. The molecule has 2 fully saturated rings. The van der Waals surface area contributed by atoms with Crippen LogP contribution < -0.4 is 0 Å². The lowest BCUT2D eigenvalue weighted by molar-refractivity contribution is 0.317. The number of likely N-dealkylation sites (tertiary alicyclic amines) is 1. The molecule has 0 radical (unpaired) electrons. The van der Waals surface area contributed by atoms with Gasteiger partial charge < -0.3 is 4.90 Å². The van der Waals surface area contributed by atoms with Crippen molar-refractivity contribution in [2.75, 3.05) is 19.6 Å². The van der Waals surface area contributed by atoms with E-state index in [0.717, 1.165) is 11.8 Å². The minimum atomic E-state index is 0.963. The van der Waals surface area contributed by atoms with Crippen LogP contribution in [-0.4, -0.2) is 24.5 Å². The topological polar surface area (TPSA) is 3.24 Å². The fraction of sp³-hybridized carbons (Fsp3) is 0.529. The zero-order valence-electron chi connectivity index (χ0n) is 11.1. The molecule has 96 valence electrons. The van der Waals surface area contributed by atoms with Gasteiger partial charge in [-0.05, 0) is 56.2 Å². The van der Waals surface area contributed by atoms with Gasteiger partial charge in [0.15, 0.2) is 0 Å². The van der Waals surface area contributed by atoms with E-state index in [-0.39, 0.29) is 0 Å². The van der Waals surface area contributed by atoms with Crippen molar-refractivity contribution in [3.05, 3.63) is 42.0 Å². The normalized spacial score (nSPS) is 28.0. The van der Waals surface area contributed by atoms with E-state index < -0.39 is 0 Å². The highest BCUT2D eigenvalue weighted by atomic mass is 15.1. The minimum Gasteiger partial charge on any atom is -0.303 e. The summed E-state index contributed by atoms with van der Waals surface area (Å²) in [5.41, 5.74) is 1.33. The van der Waals surface area contributed by atoms with E-state index in [0.29, 0.717) is 0 Å². The van der Waals surface area contributed by atoms with E-state index in [9.17, 15) is 0 Å². The molecule has 1 heteroatoms. The maximum absolute atomic E-state index is 2.66. The zero-order valence-corrected chi connectivity index (χ0v) is 11.1. The Kier molecular flexibility index (Phi) is 3.80. The SMILES string of the molecule is C(=C/c1ccccc1)/CC1CC1CN1CCCC1. The van der Waals surface area contributed by atoms with Crippen molar-refractivity contribution in [1.82, 2.24) is 4.90 Å². The number of benzene rings is 1. The summed E-state index contributed by atoms with van der Waals surface area (Å²) in [6.07, 6.45) is 10.2. The highest BCUT2D eigenvalue weighted by Gasteiger charge is 2.37. The third kappa shape index (κ3) is 3.23. The summed E-state index contributed by atoms with van der Waals surface area (Å²) >= 11 is 0. The predicted octanol–water partition coefficient (Wildman–Crippen LogP) is 3.82. The van der Waals surface area contributed by atoms with Crippen LogP contribution in [0.4, 0.5) is 0 Å². The van der Waals surface area contributed by atoms with Crippen LogP contribution in [0.2, 0.25) is 0 Å². The standard InChI is InChI=1S/C17H23N/c1-2-7-15(8-3-1)9-6-10-16-13-17(16)14-18-11-4-5-12-18/h1-3,6-9,16-17H,4-5,10-14H2/b9-6-. The molecular weight excluding hydrogens is 218 g/mol. The van der Waals surface area contributed by atoms with Crippen LogP contribution in [0, 0.1) is 11.8 Å². The maximum atomic E-state index is 2.66. The van der Waals surface area contributed by atoms with E-state index in [2.05, 4.69) is 47.4 Å². The fourth-order valence-electron chi connectivity index (χ4n) is 3.06. The third-order valence-corrected chi connectivity index (χ3v) is 4.31. The summed E-state index contributed by atoms with van der Waals surface area (Å²) < 4.78 is 0. The third-order valence-electron chi connectivity index (χ3n) is 4.31. The summed E-state index contributed by atoms with van der Waals surface area (Å²) in [6.45, 7) is 4.07. The molecule has 1 aliphatic heterocycles. The van der Waals surface area contributed by atoms with Crippen LogP contribution >= 0.6 is 0 Å². The first-order valence-electron chi connectivity index (χ1n) is 7.36. The van der Waals surface area contributed by atoms with Gasteiger partial charge in [0.05, 0.1) is 0 Å². The second-order valence-corrected chi connectivity index (χ2v) is 5.81. The molecule has 2 atom stereocenters. The average molecular weight is 241 g/mol. The number of allylic oxidation sites excluding steroid dienone is 1. The Bertz CT molecular complexity index is 389. The van der Waals surface area contributed by atoms with Crippen LogP contribution in [0.25, 0.3) is 6.08 Å². The zero-order chi connectivity index (χ0) is 12.2. The van der Waals surface area contributed by atoms with Crippen LogP contribution in [0.3, 0.4) is 0 Å². The maximum Gasteiger partial charge on any atom is 0.00125 e. The molecule has 0 spiro atoms. The van der Waals surface area contributed by atoms with Crippen LogP contribution in [0.5, 0.6) is 0 Å². The van der Waals surface area contributed by atoms with Crippen molar-refractivity contribution < 1.29 is 0 Å². The molecule has 1 saturated heterocycles. The molecule has 0 amide bonds. The van der Waals surface area contributed by atoms with Gasteiger partial charge >= 0.3 is 0 Å². The molecule has 0 aromatic heterocycles. The molecule has 0 bridgehead atoms. The van der Waals surface area contributed by atoms with Crippen molar-refractivity contribution in [2.45, 2.75) is 25.7 Å². The van der Waals surface area contributed by atoms with Gasteiger partial charge in [0.25, 0.3) is 0 Å². The lowest BCUT2D eigenvalue weighted by Crippen LogP contribution is -2.22. The van der Waals surface area contributed by atoms with E-state index in [1.54, 1.807) is 0 Å². The van der Waals surface area contributed by atoms with E-state index >= 15 is 0 Å². The number of hydrogen-bond acceptors (Lipinski definition) is 1. The van der Waals surface area contributed by atoms with Gasteiger partial charge in [-0.3, -0.25) is 0 Å². The Morgan fingerprint density at radius 2 is 1.83 bits per heavy atom. The Labute approximate surface area is 111 Å². The van der Waals surface area contributed by atoms with Gasteiger partial charge in [-0.15, -0.1) is 0 Å². The van der Waals surface area contributed by atoms with Crippen molar-refractivity contribution in [3.8, 4) is 0 Å². The molecule has 1 aromatic rings. The Morgan fingerprint density at radius 1 is 1.06 bits per heavy atom. The second kappa shape index (κ2) is 5.71. The van der Waals surface area contributed by atoms with E-state index in [1.165, 1.54) is 50.9 Å². The van der Waals surface area contributed by atoms with Gasteiger partial charge in [-0.2, -0.15) is 0 Å². The van der Waals surface area contributed by atoms with Gasteiger partial charge in [-0.1, -0.05) is 42.5 Å². The molecule has 1 nitrogen and oxygen atoms in total. The molecule has 3 rings (SSSR count). The molecular formula is C17H23N. The van der Waals surface area contributed by atoms with Gasteiger partial charge in [0.2, 0.25) is 0 Å². The largest absolute Gasteiger partial charge is 0.303 e. The molecule has 2 unspecified atom stereocenters. The number of hydrogen-bond donors (Lipinski definition) is 0. The van der Waals surface area contributed by atoms with Crippen molar-refractivity contribution in [1.29, 1.82) is 0 Å². The molecule has 0 N–H and O–H groups in total. The Morgan fingerprint density at radius 3 is 2.61 bits per heavy atom. The lowest BCUT2D eigenvalue weighted by atomic mass is 10.1. The summed E-state index contributed by atoms with van der Waals surface area (Å²) in [5.74, 6) is 1.95. The highest BCUT2D eigenvalue weighted by Crippen LogP contribution is 2.42. The van der Waals surface area contributed by atoms with Crippen molar-refractivity contribution in [3.63, 3.8) is 0 Å². The molecule has 1 aromatic carbocycles. The average Bonchev–Trinajstić information content (AvgIpc) is 2.91. The highest BCUT2D eigenvalue weighted by molar-refractivity contribution is 5.48. The summed E-state index contributed by atoms with van der Waals surface area (Å²) in [4.78, 5) is 2.66. The minimum absolute atomic E-state index is 0.963. The van der Waals surface area contributed by atoms with Crippen LogP contribution in [0.1, 0.15) is 31.2 Å². The van der Waals surface area contributed by atoms with Crippen molar-refractivity contribution in [2.24, 2.45) is 11.8 Å². The first-order valence-corrected chi connectivity index (χ1v) is 7.36. The second-order valence-electron chi connectivity index (χ2n) is 5.81. The van der Waals surface area contributed by atoms with Gasteiger partial charge in [-0.25, -0.2) is 0 Å².